The summed E-state index contributed by atoms with van der Waals surface area (Å²) in [6.45, 7) is 9.36. The highest BCUT2D eigenvalue weighted by Gasteiger charge is 2.39. The molecule has 0 radical (unpaired) electrons. The lowest BCUT2D eigenvalue weighted by Crippen LogP contribution is -2.55. The fraction of sp³-hybridized carbons (Fsp3) is 0.238. The van der Waals surface area contributed by atoms with Crippen molar-refractivity contribution in [2.24, 2.45) is 5.73 Å². The van der Waals surface area contributed by atoms with Crippen LogP contribution in [0.2, 0.25) is 0 Å². The monoisotopic (exact) mass is 408 g/mol. The summed E-state index contributed by atoms with van der Waals surface area (Å²) < 4.78 is 5.37. The number of ether oxygens (including phenoxy) is 1. The predicted molar refractivity (Wildman–Crippen MR) is 109 cm³/mol. The summed E-state index contributed by atoms with van der Waals surface area (Å²) in [5.74, 6) is -2.33. The van der Waals surface area contributed by atoms with Gasteiger partial charge in [-0.2, -0.15) is 0 Å². The molecule has 9 nitrogen and oxygen atoms in total. The molecule has 2 atom stereocenters. The fourth-order valence-corrected chi connectivity index (χ4v) is 3.07. The Morgan fingerprint density at radius 1 is 1.30 bits per heavy atom. The van der Waals surface area contributed by atoms with E-state index in [9.17, 15) is 19.5 Å². The van der Waals surface area contributed by atoms with E-state index in [0.29, 0.717) is 5.69 Å². The smallest absolute Gasteiger partial charge is 0.259 e. The number of primary amides is 1. The molecule has 30 heavy (non-hydrogen) atoms. The second-order valence-electron chi connectivity index (χ2n) is 6.76. The lowest BCUT2D eigenvalue weighted by atomic mass is 10.1. The molecule has 3 amide bonds. The Bertz CT molecular complexity index is 1030. The first-order chi connectivity index (χ1) is 14.3. The Morgan fingerprint density at radius 3 is 2.63 bits per heavy atom. The fourth-order valence-electron chi connectivity index (χ4n) is 3.07. The Kier molecular flexibility index (Phi) is 6.11. The van der Waals surface area contributed by atoms with Gasteiger partial charge in [-0.25, -0.2) is 4.85 Å². The first kappa shape index (κ1) is 21.0. The number of amides is 3. The van der Waals surface area contributed by atoms with Gasteiger partial charge in [0.05, 0.1) is 24.4 Å². The number of hydrogen-bond acceptors (Lipinski definition) is 5. The summed E-state index contributed by atoms with van der Waals surface area (Å²) in [6.07, 6.45) is -3.22. The SMILES string of the molecule is [C-]#[N+]c1ccc(NC(=O)[C@H](O)[C@H]2OCCN(c3ccc(C)cc3)C2=O)c(C(N)=O)c1. The number of rotatable bonds is 5. The van der Waals surface area contributed by atoms with Crippen LogP contribution < -0.4 is 16.0 Å². The van der Waals surface area contributed by atoms with Crippen LogP contribution in [0.15, 0.2) is 42.5 Å². The van der Waals surface area contributed by atoms with Gasteiger partial charge in [-0.05, 0) is 31.2 Å². The zero-order valence-electron chi connectivity index (χ0n) is 16.2. The molecule has 1 aliphatic rings. The first-order valence-electron chi connectivity index (χ1n) is 9.11. The third-order valence-corrected chi connectivity index (χ3v) is 4.68. The van der Waals surface area contributed by atoms with Gasteiger partial charge >= 0.3 is 0 Å². The van der Waals surface area contributed by atoms with E-state index in [1.807, 2.05) is 19.1 Å². The van der Waals surface area contributed by atoms with Crippen LogP contribution in [0.4, 0.5) is 17.1 Å². The van der Waals surface area contributed by atoms with Crippen molar-refractivity contribution in [2.75, 3.05) is 23.4 Å². The second-order valence-corrected chi connectivity index (χ2v) is 6.76. The minimum Gasteiger partial charge on any atom is -0.380 e. The van der Waals surface area contributed by atoms with Gasteiger partial charge in [-0.3, -0.25) is 14.4 Å². The second kappa shape index (κ2) is 8.73. The van der Waals surface area contributed by atoms with Crippen molar-refractivity contribution in [2.45, 2.75) is 19.1 Å². The molecule has 1 aliphatic heterocycles. The number of nitrogens with one attached hydrogen (secondary N) is 1. The highest BCUT2D eigenvalue weighted by molar-refractivity contribution is 6.07. The number of nitrogens with two attached hydrogens (primary N) is 1. The summed E-state index contributed by atoms with van der Waals surface area (Å²) in [5, 5.41) is 12.8. The first-order valence-corrected chi connectivity index (χ1v) is 9.11. The van der Waals surface area contributed by atoms with Gasteiger partial charge in [0.2, 0.25) is 5.91 Å². The third kappa shape index (κ3) is 4.30. The van der Waals surface area contributed by atoms with Crippen LogP contribution in [0.3, 0.4) is 0 Å². The molecule has 0 aliphatic carbocycles. The maximum absolute atomic E-state index is 12.8. The Hall–Kier alpha value is -3.74. The summed E-state index contributed by atoms with van der Waals surface area (Å²) in [7, 11) is 0. The van der Waals surface area contributed by atoms with Crippen LogP contribution in [-0.4, -0.2) is 48.2 Å². The summed E-state index contributed by atoms with van der Waals surface area (Å²) in [6, 6.07) is 11.2. The molecular weight excluding hydrogens is 388 g/mol. The highest BCUT2D eigenvalue weighted by Crippen LogP contribution is 2.24. The molecular formula is C21H20N4O5. The average Bonchev–Trinajstić information content (AvgIpc) is 2.74. The number of aryl methyl sites for hydroxylation is 1. The number of benzene rings is 2. The summed E-state index contributed by atoms with van der Waals surface area (Å²) >= 11 is 0. The molecule has 4 N–H and O–H groups in total. The van der Waals surface area contributed by atoms with E-state index in [2.05, 4.69) is 10.2 Å². The van der Waals surface area contributed by atoms with Gasteiger partial charge < -0.3 is 25.8 Å². The molecule has 3 rings (SSSR count). The normalized spacial score (nSPS) is 17.2. The summed E-state index contributed by atoms with van der Waals surface area (Å²) in [5.41, 5.74) is 7.09. The topological polar surface area (TPSA) is 126 Å². The molecule has 1 heterocycles. The Labute approximate surface area is 172 Å². The van der Waals surface area contributed by atoms with Crippen molar-refractivity contribution < 1.29 is 24.2 Å². The van der Waals surface area contributed by atoms with Crippen LogP contribution in [0, 0.1) is 13.5 Å². The van der Waals surface area contributed by atoms with Crippen LogP contribution in [0.25, 0.3) is 4.85 Å². The van der Waals surface area contributed by atoms with Crippen LogP contribution in [0.1, 0.15) is 15.9 Å². The van der Waals surface area contributed by atoms with E-state index < -0.39 is 29.9 Å². The molecule has 0 spiro atoms. The van der Waals surface area contributed by atoms with Crippen LogP contribution >= 0.6 is 0 Å². The molecule has 154 valence electrons. The van der Waals surface area contributed by atoms with Crippen molar-refractivity contribution in [3.05, 3.63) is 65.0 Å². The lowest BCUT2D eigenvalue weighted by Gasteiger charge is -2.34. The number of carbonyl (C=O) groups is 3. The third-order valence-electron chi connectivity index (χ3n) is 4.68. The maximum Gasteiger partial charge on any atom is 0.259 e. The molecule has 1 fully saturated rings. The van der Waals surface area contributed by atoms with E-state index in [1.54, 1.807) is 12.1 Å². The standard InChI is InChI=1S/C21H20N4O5/c1-12-3-6-14(7-4-12)25-9-10-30-18(21(25)29)17(26)20(28)24-16-8-5-13(23-2)11-15(16)19(22)27/h3-8,11,17-18,26H,9-10H2,1H3,(H2,22,27)(H,24,28)/t17-,18-/m1/s1. The van der Waals surface area contributed by atoms with E-state index in [1.165, 1.54) is 23.1 Å². The van der Waals surface area contributed by atoms with Crippen molar-refractivity contribution in [3.8, 4) is 0 Å². The van der Waals surface area contributed by atoms with Gasteiger partial charge in [0.15, 0.2) is 17.9 Å². The minimum atomic E-state index is -1.81. The van der Waals surface area contributed by atoms with Gasteiger partial charge in [-0.15, -0.1) is 0 Å². The van der Waals surface area contributed by atoms with Crippen molar-refractivity contribution in [1.29, 1.82) is 0 Å². The molecule has 0 bridgehead atoms. The molecule has 2 aromatic rings. The number of morpholine rings is 1. The zero-order chi connectivity index (χ0) is 21.8. The van der Waals surface area contributed by atoms with Gasteiger partial charge in [0.1, 0.15) is 0 Å². The van der Waals surface area contributed by atoms with E-state index in [0.717, 1.165) is 5.56 Å². The van der Waals surface area contributed by atoms with E-state index in [-0.39, 0.29) is 30.1 Å². The number of carbonyl (C=O) groups excluding carboxylic acids is 3. The Balaban J connectivity index is 1.77. The van der Waals surface area contributed by atoms with E-state index >= 15 is 0 Å². The number of aliphatic hydroxyl groups excluding tert-OH is 1. The quantitative estimate of drug-likeness (QED) is 0.644. The number of nitrogens with zero attached hydrogens (tertiary/aromatic N) is 2. The van der Waals surface area contributed by atoms with E-state index in [4.69, 9.17) is 17.0 Å². The number of aliphatic hydroxyl groups is 1. The zero-order valence-corrected chi connectivity index (χ0v) is 16.2. The van der Waals surface area contributed by atoms with Crippen molar-refractivity contribution in [1.82, 2.24) is 0 Å². The van der Waals surface area contributed by atoms with Gasteiger partial charge in [0.25, 0.3) is 11.8 Å². The average molecular weight is 408 g/mol. The van der Waals surface area contributed by atoms with Crippen LogP contribution in [0.5, 0.6) is 0 Å². The van der Waals surface area contributed by atoms with Gasteiger partial charge in [0, 0.05) is 12.2 Å². The van der Waals surface area contributed by atoms with Crippen molar-refractivity contribution >= 4 is 34.8 Å². The highest BCUT2D eigenvalue weighted by atomic mass is 16.5. The largest absolute Gasteiger partial charge is 0.380 e. The lowest BCUT2D eigenvalue weighted by molar-refractivity contribution is -0.150. The maximum atomic E-state index is 12.8. The Morgan fingerprint density at radius 2 is 2.00 bits per heavy atom. The molecule has 2 aromatic carbocycles. The minimum absolute atomic E-state index is 0.0256. The molecule has 0 unspecified atom stereocenters. The molecule has 0 saturated carbocycles. The molecule has 1 saturated heterocycles. The number of hydrogen-bond donors (Lipinski definition) is 3. The summed E-state index contributed by atoms with van der Waals surface area (Å²) in [4.78, 5) is 41.7. The van der Waals surface area contributed by atoms with Gasteiger partial charge in [-0.1, -0.05) is 23.8 Å². The molecule has 9 heteroatoms. The molecule has 0 aromatic heterocycles. The van der Waals surface area contributed by atoms with Crippen molar-refractivity contribution in [3.63, 3.8) is 0 Å². The number of anilines is 2. The predicted octanol–water partition coefficient (Wildman–Crippen LogP) is 1.38. The van der Waals surface area contributed by atoms with Crippen LogP contribution in [-0.2, 0) is 14.3 Å².